The lowest BCUT2D eigenvalue weighted by Gasteiger charge is -2.22. The van der Waals surface area contributed by atoms with Crippen LogP contribution in [0, 0.1) is 6.92 Å². The molecule has 0 aliphatic rings. The number of aryl methyl sites for hydroxylation is 2. The zero-order valence-corrected chi connectivity index (χ0v) is 12.5. The molecule has 0 aliphatic heterocycles. The first kappa shape index (κ1) is 14.0. The second kappa shape index (κ2) is 5.72. The Hall–Kier alpha value is -1.39. The van der Waals surface area contributed by atoms with Crippen LogP contribution < -0.4 is 10.5 Å². The molecule has 0 spiro atoms. The largest absolute Gasteiger partial charge is 0.497 e. The Morgan fingerprint density at radius 2 is 2.00 bits per heavy atom. The monoisotopic (exact) mass is 276 g/mol. The molecule has 0 radical (unpaired) electrons. The number of ether oxygens (including phenoxy) is 1. The zero-order chi connectivity index (χ0) is 13.9. The number of hydrogen-bond donors (Lipinski definition) is 1. The van der Waals surface area contributed by atoms with E-state index < -0.39 is 0 Å². The van der Waals surface area contributed by atoms with E-state index in [1.54, 1.807) is 18.4 Å². The first-order valence-electron chi connectivity index (χ1n) is 6.36. The number of aromatic nitrogens is 1. The molecule has 0 fully saturated rings. The van der Waals surface area contributed by atoms with Crippen molar-refractivity contribution in [3.05, 3.63) is 45.9 Å². The van der Waals surface area contributed by atoms with E-state index in [1.807, 2.05) is 24.4 Å². The Labute approximate surface area is 118 Å². The van der Waals surface area contributed by atoms with Gasteiger partial charge in [0.25, 0.3) is 0 Å². The molecule has 2 rings (SSSR count). The van der Waals surface area contributed by atoms with Gasteiger partial charge in [-0.05, 0) is 44.4 Å². The fourth-order valence-electron chi connectivity index (χ4n) is 1.92. The van der Waals surface area contributed by atoms with Gasteiger partial charge < -0.3 is 10.5 Å². The Balaban J connectivity index is 2.00. The Kier molecular flexibility index (Phi) is 4.22. The van der Waals surface area contributed by atoms with Crippen LogP contribution in [0.3, 0.4) is 0 Å². The van der Waals surface area contributed by atoms with Crippen LogP contribution >= 0.6 is 11.3 Å². The lowest BCUT2D eigenvalue weighted by atomic mass is 9.95. The van der Waals surface area contributed by atoms with Crippen LogP contribution in [0.15, 0.2) is 29.6 Å². The van der Waals surface area contributed by atoms with E-state index in [0.29, 0.717) is 0 Å². The van der Waals surface area contributed by atoms with Crippen molar-refractivity contribution in [2.75, 3.05) is 7.11 Å². The SMILES string of the molecule is COc1ccc(CCC(C)(N)c2nc(C)cs2)cc1. The van der Waals surface area contributed by atoms with E-state index in [0.717, 1.165) is 29.3 Å². The predicted octanol–water partition coefficient (Wildman–Crippen LogP) is 3.27. The minimum absolute atomic E-state index is 0.362. The second-order valence-electron chi connectivity index (χ2n) is 5.06. The van der Waals surface area contributed by atoms with Crippen molar-refractivity contribution in [3.63, 3.8) is 0 Å². The molecule has 19 heavy (non-hydrogen) atoms. The average molecular weight is 276 g/mol. The minimum Gasteiger partial charge on any atom is -0.497 e. The van der Waals surface area contributed by atoms with Crippen molar-refractivity contribution in [1.82, 2.24) is 4.98 Å². The lowest BCUT2D eigenvalue weighted by molar-refractivity contribution is 0.414. The van der Waals surface area contributed by atoms with Gasteiger partial charge in [0, 0.05) is 11.1 Å². The third-order valence-electron chi connectivity index (χ3n) is 3.20. The summed E-state index contributed by atoms with van der Waals surface area (Å²) in [6.07, 6.45) is 1.82. The van der Waals surface area contributed by atoms with Crippen LogP contribution in [0.2, 0.25) is 0 Å². The summed E-state index contributed by atoms with van der Waals surface area (Å²) in [4.78, 5) is 4.50. The van der Waals surface area contributed by atoms with Gasteiger partial charge in [-0.2, -0.15) is 0 Å². The van der Waals surface area contributed by atoms with Gasteiger partial charge in [-0.15, -0.1) is 11.3 Å². The average Bonchev–Trinajstić information content (AvgIpc) is 2.85. The highest BCUT2D eigenvalue weighted by atomic mass is 32.1. The van der Waals surface area contributed by atoms with E-state index in [4.69, 9.17) is 10.5 Å². The van der Waals surface area contributed by atoms with Crippen molar-refractivity contribution in [2.45, 2.75) is 32.2 Å². The van der Waals surface area contributed by atoms with Gasteiger partial charge in [0.2, 0.25) is 0 Å². The van der Waals surface area contributed by atoms with E-state index in [1.165, 1.54) is 5.56 Å². The summed E-state index contributed by atoms with van der Waals surface area (Å²) >= 11 is 1.64. The van der Waals surface area contributed by atoms with Gasteiger partial charge in [-0.1, -0.05) is 12.1 Å². The Bertz CT molecular complexity index is 531. The summed E-state index contributed by atoms with van der Waals surface area (Å²) in [6.45, 7) is 4.05. The molecule has 4 heteroatoms. The summed E-state index contributed by atoms with van der Waals surface area (Å²) in [6, 6.07) is 8.14. The van der Waals surface area contributed by atoms with Crippen molar-refractivity contribution in [2.24, 2.45) is 5.73 Å². The normalized spacial score (nSPS) is 14.1. The van der Waals surface area contributed by atoms with Crippen LogP contribution in [0.5, 0.6) is 5.75 Å². The molecule has 0 bridgehead atoms. The number of methoxy groups -OCH3 is 1. The molecule has 2 N–H and O–H groups in total. The molecule has 0 saturated carbocycles. The molecule has 1 atom stereocenters. The third-order valence-corrected chi connectivity index (χ3v) is 4.44. The van der Waals surface area contributed by atoms with Crippen molar-refractivity contribution in [1.29, 1.82) is 0 Å². The van der Waals surface area contributed by atoms with Crippen molar-refractivity contribution < 1.29 is 4.74 Å². The van der Waals surface area contributed by atoms with Crippen LogP contribution in [0.25, 0.3) is 0 Å². The van der Waals surface area contributed by atoms with Crippen LogP contribution in [0.1, 0.15) is 29.6 Å². The van der Waals surface area contributed by atoms with Crippen LogP contribution in [-0.2, 0) is 12.0 Å². The smallest absolute Gasteiger partial charge is 0.118 e. The van der Waals surface area contributed by atoms with Gasteiger partial charge in [0.05, 0.1) is 12.6 Å². The molecule has 1 aromatic carbocycles. The summed E-state index contributed by atoms with van der Waals surface area (Å²) in [7, 11) is 1.68. The second-order valence-corrected chi connectivity index (χ2v) is 5.92. The standard InChI is InChI=1S/C15H20N2OS/c1-11-10-19-14(17-11)15(2,16)9-8-12-4-6-13(18-3)7-5-12/h4-7,10H,8-9,16H2,1-3H3. The molecular weight excluding hydrogens is 256 g/mol. The highest BCUT2D eigenvalue weighted by Crippen LogP contribution is 2.26. The van der Waals surface area contributed by atoms with E-state index in [2.05, 4.69) is 24.0 Å². The maximum atomic E-state index is 6.38. The molecular formula is C15H20N2OS. The molecule has 0 aliphatic carbocycles. The van der Waals surface area contributed by atoms with Gasteiger partial charge >= 0.3 is 0 Å². The molecule has 1 aromatic heterocycles. The van der Waals surface area contributed by atoms with Crippen LogP contribution in [-0.4, -0.2) is 12.1 Å². The van der Waals surface area contributed by atoms with Gasteiger partial charge in [-0.3, -0.25) is 0 Å². The molecule has 1 unspecified atom stereocenters. The first-order valence-corrected chi connectivity index (χ1v) is 7.23. The fourth-order valence-corrected chi connectivity index (χ4v) is 2.82. The van der Waals surface area contributed by atoms with Gasteiger partial charge in [-0.25, -0.2) is 4.98 Å². The Morgan fingerprint density at radius 1 is 1.32 bits per heavy atom. The summed E-state index contributed by atoms with van der Waals surface area (Å²) < 4.78 is 5.15. The van der Waals surface area contributed by atoms with Crippen molar-refractivity contribution >= 4 is 11.3 Å². The van der Waals surface area contributed by atoms with E-state index >= 15 is 0 Å². The maximum Gasteiger partial charge on any atom is 0.118 e. The number of hydrogen-bond acceptors (Lipinski definition) is 4. The predicted molar refractivity (Wildman–Crippen MR) is 79.7 cm³/mol. The van der Waals surface area contributed by atoms with Gasteiger partial charge in [0.15, 0.2) is 0 Å². The van der Waals surface area contributed by atoms with E-state index in [9.17, 15) is 0 Å². The molecule has 1 heterocycles. The molecule has 0 saturated heterocycles. The lowest BCUT2D eigenvalue weighted by Crippen LogP contribution is -2.33. The van der Waals surface area contributed by atoms with E-state index in [-0.39, 0.29) is 5.54 Å². The molecule has 102 valence electrons. The molecule has 0 amide bonds. The summed E-state index contributed by atoms with van der Waals surface area (Å²) in [5.74, 6) is 0.884. The summed E-state index contributed by atoms with van der Waals surface area (Å²) in [5, 5.41) is 3.06. The first-order chi connectivity index (χ1) is 9.01. The fraction of sp³-hybridized carbons (Fsp3) is 0.400. The van der Waals surface area contributed by atoms with Crippen molar-refractivity contribution in [3.8, 4) is 5.75 Å². The molecule has 3 nitrogen and oxygen atoms in total. The number of nitrogens with two attached hydrogens (primary N) is 1. The van der Waals surface area contributed by atoms with Gasteiger partial charge in [0.1, 0.15) is 10.8 Å². The quantitative estimate of drug-likeness (QED) is 0.911. The summed E-state index contributed by atoms with van der Waals surface area (Å²) in [5.41, 5.74) is 8.33. The minimum atomic E-state index is -0.362. The molecule has 2 aromatic rings. The highest BCUT2D eigenvalue weighted by Gasteiger charge is 2.24. The maximum absolute atomic E-state index is 6.38. The third kappa shape index (κ3) is 3.55. The van der Waals surface area contributed by atoms with Crippen LogP contribution in [0.4, 0.5) is 0 Å². The zero-order valence-electron chi connectivity index (χ0n) is 11.6. The topological polar surface area (TPSA) is 48.1 Å². The number of benzene rings is 1. The Morgan fingerprint density at radius 3 is 2.53 bits per heavy atom. The number of rotatable bonds is 5. The highest BCUT2D eigenvalue weighted by molar-refractivity contribution is 7.09. The number of thiazole rings is 1. The number of nitrogens with zero attached hydrogens (tertiary/aromatic N) is 1.